The van der Waals surface area contributed by atoms with E-state index in [0.717, 1.165) is 67.9 Å². The van der Waals surface area contributed by atoms with Crippen LogP contribution in [0.2, 0.25) is 0 Å². The number of aromatic amines is 1. The molecule has 1 saturated heterocycles. The smallest absolute Gasteiger partial charge is 0.259 e. The summed E-state index contributed by atoms with van der Waals surface area (Å²) in [6, 6.07) is 0.268. The fourth-order valence-electron chi connectivity index (χ4n) is 4.67. The lowest BCUT2D eigenvalue weighted by atomic mass is 9.89. The highest BCUT2D eigenvalue weighted by Crippen LogP contribution is 2.36. The molecule has 2 N–H and O–H groups in total. The molecule has 0 saturated carbocycles. The normalized spacial score (nSPS) is 22.3. The number of amides is 1. The van der Waals surface area contributed by atoms with Crippen LogP contribution in [-0.2, 0) is 17.6 Å². The molecule has 2 aromatic heterocycles. The SMILES string of the molecule is CCC(C)NC(=O)CN1CCN(C(C)c2nc3sc4c(c3c(=O)[nH]2)CCC(C)C4)CC1. The Balaban J connectivity index is 1.42. The van der Waals surface area contributed by atoms with E-state index in [4.69, 9.17) is 4.98 Å². The van der Waals surface area contributed by atoms with Gasteiger partial charge in [-0.25, -0.2) is 4.98 Å². The van der Waals surface area contributed by atoms with Crippen molar-refractivity contribution in [2.24, 2.45) is 5.92 Å². The summed E-state index contributed by atoms with van der Waals surface area (Å²) in [5, 5.41) is 3.86. The monoisotopic (exact) mass is 445 g/mol. The fraction of sp³-hybridized carbons (Fsp3) is 0.696. The third kappa shape index (κ3) is 4.86. The predicted molar refractivity (Wildman–Crippen MR) is 126 cm³/mol. The zero-order chi connectivity index (χ0) is 22.1. The van der Waals surface area contributed by atoms with Gasteiger partial charge in [0.25, 0.3) is 5.56 Å². The second-order valence-corrected chi connectivity index (χ2v) is 10.4. The quantitative estimate of drug-likeness (QED) is 0.715. The first-order chi connectivity index (χ1) is 14.9. The second-order valence-electron chi connectivity index (χ2n) is 9.35. The molecule has 3 heterocycles. The summed E-state index contributed by atoms with van der Waals surface area (Å²) in [5.74, 6) is 1.54. The lowest BCUT2D eigenvalue weighted by Gasteiger charge is -2.37. The van der Waals surface area contributed by atoms with Gasteiger partial charge in [-0.05, 0) is 51.0 Å². The Morgan fingerprint density at radius 3 is 2.74 bits per heavy atom. The molecule has 0 spiro atoms. The van der Waals surface area contributed by atoms with Crippen molar-refractivity contribution in [1.82, 2.24) is 25.1 Å². The van der Waals surface area contributed by atoms with Crippen LogP contribution in [0.25, 0.3) is 10.2 Å². The fourth-order valence-corrected chi connectivity index (χ4v) is 6.06. The Morgan fingerprint density at radius 2 is 2.03 bits per heavy atom. The number of carbonyl (C=O) groups is 1. The molecule has 0 radical (unpaired) electrons. The Labute approximate surface area is 188 Å². The number of thiophene rings is 1. The third-order valence-electron chi connectivity index (χ3n) is 6.92. The van der Waals surface area contributed by atoms with Crippen molar-refractivity contribution in [3.63, 3.8) is 0 Å². The zero-order valence-electron chi connectivity index (χ0n) is 19.2. The van der Waals surface area contributed by atoms with Crippen LogP contribution in [0.3, 0.4) is 0 Å². The number of rotatable bonds is 6. The minimum absolute atomic E-state index is 0.0132. The number of hydrogen-bond donors (Lipinski definition) is 2. The topological polar surface area (TPSA) is 81.3 Å². The molecule has 1 amide bonds. The summed E-state index contributed by atoms with van der Waals surface area (Å²) in [5.41, 5.74) is 1.24. The molecule has 2 aliphatic rings. The van der Waals surface area contributed by atoms with E-state index in [1.54, 1.807) is 11.3 Å². The van der Waals surface area contributed by atoms with Crippen LogP contribution >= 0.6 is 11.3 Å². The maximum atomic E-state index is 12.9. The average molecular weight is 446 g/mol. The van der Waals surface area contributed by atoms with Gasteiger partial charge in [-0.15, -0.1) is 11.3 Å². The number of piperazine rings is 1. The van der Waals surface area contributed by atoms with Gasteiger partial charge in [0.15, 0.2) is 0 Å². The second kappa shape index (κ2) is 9.38. The minimum atomic E-state index is 0.0132. The molecule has 1 aliphatic heterocycles. The number of carbonyl (C=O) groups excluding carboxylic acids is 1. The summed E-state index contributed by atoms with van der Waals surface area (Å²) in [4.78, 5) is 39.9. The summed E-state index contributed by atoms with van der Waals surface area (Å²) in [6.07, 6.45) is 4.14. The van der Waals surface area contributed by atoms with Crippen molar-refractivity contribution in [3.8, 4) is 0 Å². The van der Waals surface area contributed by atoms with Crippen molar-refractivity contribution in [3.05, 3.63) is 26.6 Å². The van der Waals surface area contributed by atoms with Crippen LogP contribution in [0.4, 0.5) is 0 Å². The Hall–Kier alpha value is -1.77. The van der Waals surface area contributed by atoms with E-state index >= 15 is 0 Å². The number of aromatic nitrogens is 2. The molecule has 3 atom stereocenters. The number of hydrogen-bond acceptors (Lipinski definition) is 6. The maximum absolute atomic E-state index is 12.9. The highest BCUT2D eigenvalue weighted by molar-refractivity contribution is 7.18. The van der Waals surface area contributed by atoms with E-state index in [0.29, 0.717) is 12.5 Å². The van der Waals surface area contributed by atoms with Gasteiger partial charge in [0, 0.05) is 37.1 Å². The van der Waals surface area contributed by atoms with Crippen LogP contribution in [-0.4, -0.2) is 64.4 Å². The maximum Gasteiger partial charge on any atom is 0.259 e. The summed E-state index contributed by atoms with van der Waals surface area (Å²) in [7, 11) is 0. The molecule has 1 fully saturated rings. The van der Waals surface area contributed by atoms with Crippen molar-refractivity contribution in [2.75, 3.05) is 32.7 Å². The van der Waals surface area contributed by atoms with E-state index in [1.807, 2.05) is 6.92 Å². The molecule has 0 aromatic carbocycles. The molecule has 8 heteroatoms. The first-order valence-electron chi connectivity index (χ1n) is 11.7. The molecule has 31 heavy (non-hydrogen) atoms. The largest absolute Gasteiger partial charge is 0.353 e. The van der Waals surface area contributed by atoms with Crippen molar-refractivity contribution in [2.45, 2.75) is 65.5 Å². The molecule has 2 aromatic rings. The van der Waals surface area contributed by atoms with Gasteiger partial charge in [-0.2, -0.15) is 0 Å². The van der Waals surface area contributed by atoms with Gasteiger partial charge >= 0.3 is 0 Å². The molecule has 170 valence electrons. The lowest BCUT2D eigenvalue weighted by Crippen LogP contribution is -2.50. The molecule has 3 unspecified atom stereocenters. The summed E-state index contributed by atoms with van der Waals surface area (Å²) >= 11 is 1.71. The first kappa shape index (κ1) is 22.4. The number of nitrogens with one attached hydrogen (secondary N) is 2. The third-order valence-corrected chi connectivity index (χ3v) is 8.07. The van der Waals surface area contributed by atoms with Crippen molar-refractivity contribution >= 4 is 27.5 Å². The van der Waals surface area contributed by atoms with E-state index in [-0.39, 0.29) is 23.6 Å². The van der Waals surface area contributed by atoms with E-state index in [2.05, 4.69) is 40.9 Å². The highest BCUT2D eigenvalue weighted by atomic mass is 32.1. The molecular formula is C23H35N5O2S. The van der Waals surface area contributed by atoms with Gasteiger partial charge in [-0.1, -0.05) is 13.8 Å². The van der Waals surface area contributed by atoms with Gasteiger partial charge in [-0.3, -0.25) is 19.4 Å². The van der Waals surface area contributed by atoms with Gasteiger partial charge < -0.3 is 10.3 Å². The van der Waals surface area contributed by atoms with Crippen molar-refractivity contribution < 1.29 is 4.79 Å². The molecule has 4 rings (SSSR count). The Morgan fingerprint density at radius 1 is 1.29 bits per heavy atom. The van der Waals surface area contributed by atoms with Crippen LogP contribution in [0.5, 0.6) is 0 Å². The van der Waals surface area contributed by atoms with Crippen LogP contribution in [0.1, 0.15) is 62.8 Å². The van der Waals surface area contributed by atoms with E-state index < -0.39 is 0 Å². The Kier molecular flexibility index (Phi) is 6.79. The Bertz CT molecular complexity index is 992. The van der Waals surface area contributed by atoms with Gasteiger partial charge in [0.2, 0.25) is 5.91 Å². The standard InChI is InChI=1S/C23H35N5O2S/c1-5-15(3)24-19(29)13-27-8-10-28(11-9-27)16(4)21-25-22(30)20-17-7-6-14(2)12-18(17)31-23(20)26-21/h14-16H,5-13H2,1-4H3,(H,24,29)(H,25,26,30). The van der Waals surface area contributed by atoms with E-state index in [9.17, 15) is 9.59 Å². The molecular weight excluding hydrogens is 410 g/mol. The summed E-state index contributed by atoms with van der Waals surface area (Å²) < 4.78 is 0. The van der Waals surface area contributed by atoms with Crippen molar-refractivity contribution in [1.29, 1.82) is 0 Å². The van der Waals surface area contributed by atoms with Gasteiger partial charge in [0.05, 0.1) is 18.0 Å². The number of H-pyrrole nitrogens is 1. The lowest BCUT2D eigenvalue weighted by molar-refractivity contribution is -0.123. The number of fused-ring (bicyclic) bond motifs is 3. The van der Waals surface area contributed by atoms with Crippen LogP contribution in [0, 0.1) is 5.92 Å². The first-order valence-corrected chi connectivity index (χ1v) is 12.5. The zero-order valence-corrected chi connectivity index (χ0v) is 20.0. The summed E-state index contributed by atoms with van der Waals surface area (Å²) in [6.45, 7) is 12.4. The van der Waals surface area contributed by atoms with Gasteiger partial charge in [0.1, 0.15) is 10.7 Å². The molecule has 0 bridgehead atoms. The van der Waals surface area contributed by atoms with Crippen LogP contribution < -0.4 is 10.9 Å². The molecule has 7 nitrogen and oxygen atoms in total. The van der Waals surface area contributed by atoms with Crippen LogP contribution in [0.15, 0.2) is 4.79 Å². The average Bonchev–Trinajstić information content (AvgIpc) is 3.11. The number of nitrogens with zero attached hydrogens (tertiary/aromatic N) is 3. The molecule has 1 aliphatic carbocycles. The highest BCUT2D eigenvalue weighted by Gasteiger charge is 2.27. The minimum Gasteiger partial charge on any atom is -0.353 e. The van der Waals surface area contributed by atoms with E-state index in [1.165, 1.54) is 10.4 Å². The number of aryl methyl sites for hydroxylation is 1. The predicted octanol–water partition coefficient (Wildman–Crippen LogP) is 2.70.